The topological polar surface area (TPSA) is 47.6 Å². The zero-order chi connectivity index (χ0) is 12.5. The molecule has 0 aromatic heterocycles. The fraction of sp³-hybridized carbons (Fsp3) is 0.923. The molecule has 0 radical (unpaired) electrons. The zero-order valence-electron chi connectivity index (χ0n) is 11.2. The van der Waals surface area contributed by atoms with Gasteiger partial charge in [-0.2, -0.15) is 0 Å². The lowest BCUT2D eigenvalue weighted by atomic mass is 9.90. The molecule has 0 aromatic rings. The van der Waals surface area contributed by atoms with Crippen molar-refractivity contribution in [1.82, 2.24) is 20.4 Å². The van der Waals surface area contributed by atoms with Gasteiger partial charge >= 0.3 is 0 Å². The second kappa shape index (κ2) is 5.15. The van der Waals surface area contributed by atoms with Gasteiger partial charge in [0.2, 0.25) is 5.91 Å². The lowest BCUT2D eigenvalue weighted by Crippen LogP contribution is -2.62. The predicted molar refractivity (Wildman–Crippen MR) is 70.4 cm³/mol. The van der Waals surface area contributed by atoms with E-state index in [0.717, 1.165) is 25.6 Å². The van der Waals surface area contributed by atoms with Gasteiger partial charge in [-0.15, -0.1) is 0 Å². The number of rotatable bonds is 2. The molecule has 18 heavy (non-hydrogen) atoms. The first kappa shape index (κ1) is 12.4. The van der Waals surface area contributed by atoms with E-state index in [1.165, 1.54) is 32.5 Å². The summed E-state index contributed by atoms with van der Waals surface area (Å²) in [6.07, 6.45) is 2.55. The van der Waals surface area contributed by atoms with E-state index in [-0.39, 0.29) is 11.9 Å². The van der Waals surface area contributed by atoms with Crippen LogP contribution in [0.4, 0.5) is 0 Å². The molecule has 102 valence electrons. The van der Waals surface area contributed by atoms with Crippen molar-refractivity contribution in [2.75, 3.05) is 46.3 Å². The quantitative estimate of drug-likeness (QED) is 0.669. The second-order valence-electron chi connectivity index (χ2n) is 5.78. The van der Waals surface area contributed by atoms with Gasteiger partial charge in [-0.25, -0.2) is 0 Å². The number of piperazine rings is 1. The van der Waals surface area contributed by atoms with E-state index in [1.807, 2.05) is 0 Å². The summed E-state index contributed by atoms with van der Waals surface area (Å²) in [5.41, 5.74) is 0. The van der Waals surface area contributed by atoms with Crippen LogP contribution in [-0.4, -0.2) is 74.1 Å². The number of hydrogen-bond donors (Lipinski definition) is 2. The minimum atomic E-state index is 0.0286. The Balaban J connectivity index is 1.73. The molecule has 0 aliphatic carbocycles. The lowest BCUT2D eigenvalue weighted by Gasteiger charge is -2.44. The van der Waals surface area contributed by atoms with Crippen molar-refractivity contribution in [2.45, 2.75) is 24.9 Å². The molecule has 5 nitrogen and oxygen atoms in total. The maximum absolute atomic E-state index is 12.0. The Morgan fingerprint density at radius 3 is 2.94 bits per heavy atom. The highest BCUT2D eigenvalue weighted by Gasteiger charge is 2.41. The van der Waals surface area contributed by atoms with E-state index in [4.69, 9.17) is 0 Å². The van der Waals surface area contributed by atoms with E-state index >= 15 is 0 Å². The largest absolute Gasteiger partial charge is 0.358 e. The Morgan fingerprint density at radius 1 is 1.28 bits per heavy atom. The Hall–Kier alpha value is -0.650. The molecule has 2 bridgehead atoms. The van der Waals surface area contributed by atoms with E-state index in [9.17, 15) is 4.79 Å². The van der Waals surface area contributed by atoms with Crippen molar-refractivity contribution in [3.63, 3.8) is 0 Å². The summed E-state index contributed by atoms with van der Waals surface area (Å²) in [6.45, 7) is 6.55. The fourth-order valence-electron chi connectivity index (χ4n) is 3.89. The van der Waals surface area contributed by atoms with Crippen molar-refractivity contribution in [2.24, 2.45) is 5.92 Å². The van der Waals surface area contributed by atoms with Crippen LogP contribution in [-0.2, 0) is 4.79 Å². The summed E-state index contributed by atoms with van der Waals surface area (Å²) >= 11 is 0. The maximum Gasteiger partial charge on any atom is 0.238 e. The Kier molecular flexibility index (Phi) is 3.54. The fourth-order valence-corrected chi connectivity index (χ4v) is 3.89. The molecule has 3 aliphatic rings. The van der Waals surface area contributed by atoms with Gasteiger partial charge < -0.3 is 15.5 Å². The van der Waals surface area contributed by atoms with Crippen LogP contribution in [0.2, 0.25) is 0 Å². The predicted octanol–water partition coefficient (Wildman–Crippen LogP) is -0.900. The number of nitrogens with zero attached hydrogens (tertiary/aromatic N) is 2. The van der Waals surface area contributed by atoms with Crippen LogP contribution >= 0.6 is 0 Å². The molecule has 4 unspecified atom stereocenters. The molecule has 2 N–H and O–H groups in total. The van der Waals surface area contributed by atoms with Crippen molar-refractivity contribution < 1.29 is 4.79 Å². The van der Waals surface area contributed by atoms with Crippen LogP contribution in [0.1, 0.15) is 12.8 Å². The molecule has 0 aromatic carbocycles. The molecule has 1 amide bonds. The smallest absolute Gasteiger partial charge is 0.238 e. The number of hydrogen-bond acceptors (Lipinski definition) is 4. The minimum absolute atomic E-state index is 0.0286. The zero-order valence-corrected chi connectivity index (χ0v) is 11.2. The number of amides is 1. The lowest BCUT2D eigenvalue weighted by molar-refractivity contribution is -0.128. The van der Waals surface area contributed by atoms with Crippen LogP contribution in [0, 0.1) is 5.92 Å². The first-order valence-electron chi connectivity index (χ1n) is 7.20. The summed E-state index contributed by atoms with van der Waals surface area (Å²) in [4.78, 5) is 17.1. The summed E-state index contributed by atoms with van der Waals surface area (Å²) in [5.74, 6) is 0.951. The average molecular weight is 252 g/mol. The monoisotopic (exact) mass is 252 g/mol. The van der Waals surface area contributed by atoms with E-state index in [0.29, 0.717) is 6.04 Å². The Morgan fingerprint density at radius 2 is 2.11 bits per heavy atom. The molecule has 5 heteroatoms. The summed E-state index contributed by atoms with van der Waals surface area (Å²) in [6, 6.07) is 0.647. The van der Waals surface area contributed by atoms with Gasteiger partial charge in [0.25, 0.3) is 0 Å². The number of nitrogens with one attached hydrogen (secondary N) is 2. The normalized spacial score (nSPS) is 40.7. The van der Waals surface area contributed by atoms with E-state index < -0.39 is 0 Å². The molecule has 0 saturated carbocycles. The third kappa shape index (κ3) is 2.15. The van der Waals surface area contributed by atoms with Crippen molar-refractivity contribution in [3.05, 3.63) is 0 Å². The molecular weight excluding hydrogens is 228 g/mol. The van der Waals surface area contributed by atoms with Crippen LogP contribution in [0.15, 0.2) is 0 Å². The van der Waals surface area contributed by atoms with Crippen LogP contribution in [0.3, 0.4) is 0 Å². The van der Waals surface area contributed by atoms with Crippen LogP contribution < -0.4 is 10.6 Å². The van der Waals surface area contributed by atoms with Crippen LogP contribution in [0.25, 0.3) is 0 Å². The summed E-state index contributed by atoms with van der Waals surface area (Å²) in [7, 11) is 1.74. The van der Waals surface area contributed by atoms with Gasteiger partial charge in [0.05, 0.1) is 0 Å². The van der Waals surface area contributed by atoms with Crippen molar-refractivity contribution in [3.8, 4) is 0 Å². The molecule has 3 fully saturated rings. The highest BCUT2D eigenvalue weighted by atomic mass is 16.2. The highest BCUT2D eigenvalue weighted by molar-refractivity contribution is 5.81. The standard InChI is InChI=1S/C13H24N4O/c1-14-13(18)12-8-15-4-7-17(12)11-3-6-16-5-2-10(11)9-16/h10-12,15H,2-9H2,1H3,(H,14,18). The van der Waals surface area contributed by atoms with Crippen molar-refractivity contribution in [1.29, 1.82) is 0 Å². The number of piperidine rings is 1. The molecule has 3 rings (SSSR count). The molecule has 3 aliphatic heterocycles. The van der Waals surface area contributed by atoms with Gasteiger partial charge in [0, 0.05) is 39.3 Å². The Labute approximate surface area is 109 Å². The van der Waals surface area contributed by atoms with Gasteiger partial charge in [-0.05, 0) is 31.8 Å². The first-order valence-corrected chi connectivity index (χ1v) is 7.20. The van der Waals surface area contributed by atoms with E-state index in [2.05, 4.69) is 20.4 Å². The number of fused-ring (bicyclic) bond motifs is 2. The Bertz CT molecular complexity index is 322. The van der Waals surface area contributed by atoms with Gasteiger partial charge in [0.1, 0.15) is 6.04 Å². The van der Waals surface area contributed by atoms with Crippen LogP contribution in [0.5, 0.6) is 0 Å². The molecule has 0 spiro atoms. The van der Waals surface area contributed by atoms with Gasteiger partial charge in [-0.3, -0.25) is 9.69 Å². The second-order valence-corrected chi connectivity index (χ2v) is 5.78. The number of likely N-dealkylation sites (N-methyl/N-ethyl adjacent to an activating group) is 1. The van der Waals surface area contributed by atoms with Crippen molar-refractivity contribution >= 4 is 5.91 Å². The summed E-state index contributed by atoms with van der Waals surface area (Å²) in [5, 5.41) is 6.17. The maximum atomic E-state index is 12.0. The number of carbonyl (C=O) groups is 1. The van der Waals surface area contributed by atoms with E-state index in [1.54, 1.807) is 7.05 Å². The minimum Gasteiger partial charge on any atom is -0.358 e. The average Bonchev–Trinajstić information content (AvgIpc) is 2.80. The third-order valence-electron chi connectivity index (χ3n) is 4.85. The molecular formula is C13H24N4O. The molecule has 3 saturated heterocycles. The molecule has 3 heterocycles. The SMILES string of the molecule is CNC(=O)C1CNCCN1C1CCN2CCC1C2. The van der Waals surface area contributed by atoms with Gasteiger partial charge in [-0.1, -0.05) is 0 Å². The first-order chi connectivity index (χ1) is 8.79. The molecule has 4 atom stereocenters. The third-order valence-corrected chi connectivity index (χ3v) is 4.85. The summed E-state index contributed by atoms with van der Waals surface area (Å²) < 4.78 is 0. The van der Waals surface area contributed by atoms with Gasteiger partial charge in [0.15, 0.2) is 0 Å². The number of carbonyl (C=O) groups excluding carboxylic acids is 1. The highest BCUT2D eigenvalue weighted by Crippen LogP contribution is 2.31.